The van der Waals surface area contributed by atoms with Crippen LogP contribution in [0.4, 0.5) is 0 Å². The second-order valence-corrected chi connectivity index (χ2v) is 5.21. The summed E-state index contributed by atoms with van der Waals surface area (Å²) in [6.07, 6.45) is 0. The topological polar surface area (TPSA) is 46.2 Å². The average Bonchev–Trinajstić information content (AvgIpc) is 2.29. The van der Waals surface area contributed by atoms with Gasteiger partial charge in [-0.3, -0.25) is 5.14 Å². The second-order valence-electron chi connectivity index (χ2n) is 3.26. The van der Waals surface area contributed by atoms with Gasteiger partial charge in [-0.1, -0.05) is 0 Å². The summed E-state index contributed by atoms with van der Waals surface area (Å²) >= 11 is 2.79. The van der Waals surface area contributed by atoms with Gasteiger partial charge in [-0.05, 0) is 44.3 Å². The molecule has 0 fully saturated rings. The van der Waals surface area contributed by atoms with Crippen molar-refractivity contribution in [1.29, 1.82) is 0 Å². The summed E-state index contributed by atoms with van der Waals surface area (Å²) in [5.74, 6) is 0. The predicted octanol–water partition coefficient (Wildman–Crippen LogP) is 2.25. The Kier molecular flexibility index (Phi) is 2.83. The Morgan fingerprint density at radius 1 is 1.58 bits per heavy atom. The van der Waals surface area contributed by atoms with Gasteiger partial charge in [0.25, 0.3) is 0 Å². The smallest absolute Gasteiger partial charge is 0.0932 e. The van der Waals surface area contributed by atoms with Gasteiger partial charge in [0.1, 0.15) is 0 Å². The molecule has 1 rings (SSSR count). The van der Waals surface area contributed by atoms with E-state index in [2.05, 4.69) is 0 Å². The van der Waals surface area contributed by atoms with E-state index in [0.717, 1.165) is 14.6 Å². The maximum atomic E-state index is 9.68. The minimum atomic E-state index is -0.747. The summed E-state index contributed by atoms with van der Waals surface area (Å²) in [6.45, 7) is 5.56. The van der Waals surface area contributed by atoms with Gasteiger partial charge in [-0.25, -0.2) is 0 Å². The van der Waals surface area contributed by atoms with Crippen LogP contribution >= 0.6 is 23.3 Å². The van der Waals surface area contributed by atoms with Gasteiger partial charge < -0.3 is 5.11 Å². The molecule has 68 valence electrons. The highest BCUT2D eigenvalue weighted by atomic mass is 32.2. The third-order valence-electron chi connectivity index (χ3n) is 1.58. The van der Waals surface area contributed by atoms with Crippen LogP contribution < -0.4 is 5.14 Å². The maximum absolute atomic E-state index is 9.68. The molecule has 0 aromatic carbocycles. The highest BCUT2D eigenvalue weighted by molar-refractivity contribution is 7.99. The van der Waals surface area contributed by atoms with E-state index in [-0.39, 0.29) is 0 Å². The fourth-order valence-electron chi connectivity index (χ4n) is 0.884. The summed E-state index contributed by atoms with van der Waals surface area (Å²) in [5.41, 5.74) is 0.397. The summed E-state index contributed by atoms with van der Waals surface area (Å²) in [4.78, 5) is 0.966. The number of hydrogen-bond acceptors (Lipinski definition) is 4. The first-order valence-electron chi connectivity index (χ1n) is 3.65. The average molecular weight is 203 g/mol. The number of rotatable bonds is 2. The van der Waals surface area contributed by atoms with Crippen LogP contribution in [0.5, 0.6) is 0 Å². The van der Waals surface area contributed by atoms with Gasteiger partial charge in [0.2, 0.25) is 0 Å². The Balaban J connectivity index is 3.05. The molecular weight excluding hydrogens is 190 g/mol. The number of thiophene rings is 1. The van der Waals surface area contributed by atoms with Gasteiger partial charge >= 0.3 is 0 Å². The normalized spacial score (nSPS) is 12.1. The standard InChI is InChI=1S/C8H13NOS2/c1-5-4-6(8(2,3)10)11-7(5)12-9/h4,10H,9H2,1-3H3. The van der Waals surface area contributed by atoms with E-state index in [9.17, 15) is 5.11 Å². The minimum Gasteiger partial charge on any atom is -0.385 e. The molecule has 0 amide bonds. The van der Waals surface area contributed by atoms with Crippen molar-refractivity contribution in [3.05, 3.63) is 16.5 Å². The van der Waals surface area contributed by atoms with Crippen molar-refractivity contribution >= 4 is 23.3 Å². The van der Waals surface area contributed by atoms with E-state index in [0.29, 0.717) is 0 Å². The zero-order valence-electron chi connectivity index (χ0n) is 7.42. The van der Waals surface area contributed by atoms with Crippen LogP contribution in [0.15, 0.2) is 10.3 Å². The maximum Gasteiger partial charge on any atom is 0.0932 e. The van der Waals surface area contributed by atoms with Crippen molar-refractivity contribution in [3.8, 4) is 0 Å². The monoisotopic (exact) mass is 203 g/mol. The summed E-state index contributed by atoms with van der Waals surface area (Å²) in [7, 11) is 0. The molecule has 1 aromatic rings. The molecule has 0 unspecified atom stereocenters. The van der Waals surface area contributed by atoms with Crippen molar-refractivity contribution in [2.45, 2.75) is 30.6 Å². The molecule has 0 aliphatic carbocycles. The van der Waals surface area contributed by atoms with E-state index < -0.39 is 5.60 Å². The van der Waals surface area contributed by atoms with Gasteiger partial charge in [0, 0.05) is 4.88 Å². The molecule has 4 heteroatoms. The Labute approximate surface area is 80.9 Å². The van der Waals surface area contributed by atoms with E-state index in [1.807, 2.05) is 13.0 Å². The molecule has 0 bridgehead atoms. The van der Waals surface area contributed by atoms with Gasteiger partial charge in [-0.2, -0.15) is 0 Å². The molecule has 0 saturated carbocycles. The molecule has 0 atom stereocenters. The lowest BCUT2D eigenvalue weighted by Crippen LogP contribution is -2.12. The van der Waals surface area contributed by atoms with Gasteiger partial charge in [-0.15, -0.1) is 11.3 Å². The van der Waals surface area contributed by atoms with E-state index in [1.54, 1.807) is 25.2 Å². The zero-order valence-corrected chi connectivity index (χ0v) is 9.05. The lowest BCUT2D eigenvalue weighted by atomic mass is 10.1. The first-order chi connectivity index (χ1) is 5.45. The zero-order chi connectivity index (χ0) is 9.35. The van der Waals surface area contributed by atoms with Crippen LogP contribution in [0.3, 0.4) is 0 Å². The Morgan fingerprint density at radius 2 is 2.17 bits per heavy atom. The summed E-state index contributed by atoms with van der Waals surface area (Å²) < 4.78 is 1.08. The van der Waals surface area contributed by atoms with E-state index >= 15 is 0 Å². The number of hydrogen-bond donors (Lipinski definition) is 2. The summed E-state index contributed by atoms with van der Waals surface area (Å²) in [6, 6.07) is 1.99. The predicted molar refractivity (Wildman–Crippen MR) is 54.3 cm³/mol. The van der Waals surface area contributed by atoms with Crippen molar-refractivity contribution in [1.82, 2.24) is 0 Å². The molecule has 0 radical (unpaired) electrons. The number of nitrogens with two attached hydrogens (primary N) is 1. The summed E-state index contributed by atoms with van der Waals surface area (Å²) in [5, 5.41) is 15.1. The molecule has 1 heterocycles. The van der Waals surface area contributed by atoms with Crippen LogP contribution in [0.1, 0.15) is 24.3 Å². The van der Waals surface area contributed by atoms with Crippen LogP contribution in [-0.2, 0) is 5.60 Å². The lowest BCUT2D eigenvalue weighted by Gasteiger charge is -2.13. The molecule has 0 saturated heterocycles. The van der Waals surface area contributed by atoms with Gasteiger partial charge in [0.15, 0.2) is 0 Å². The minimum absolute atomic E-state index is 0.747. The lowest BCUT2D eigenvalue weighted by molar-refractivity contribution is 0.0825. The highest BCUT2D eigenvalue weighted by Crippen LogP contribution is 2.34. The second kappa shape index (κ2) is 3.38. The molecule has 0 spiro atoms. The Hall–Kier alpha value is -0.0300. The number of aliphatic hydroxyl groups is 1. The third kappa shape index (κ3) is 2.01. The quantitative estimate of drug-likeness (QED) is 0.725. The largest absolute Gasteiger partial charge is 0.385 e. The number of aryl methyl sites for hydroxylation is 1. The molecular formula is C8H13NOS2. The Bertz CT molecular complexity index is 275. The van der Waals surface area contributed by atoms with Crippen LogP contribution in [0, 0.1) is 6.92 Å². The fraction of sp³-hybridized carbons (Fsp3) is 0.500. The van der Waals surface area contributed by atoms with Crippen LogP contribution in [0.25, 0.3) is 0 Å². The Morgan fingerprint density at radius 3 is 2.42 bits per heavy atom. The van der Waals surface area contributed by atoms with Gasteiger partial charge in [0.05, 0.1) is 9.81 Å². The molecule has 0 aliphatic rings. The van der Waals surface area contributed by atoms with E-state index in [1.165, 1.54) is 11.9 Å². The van der Waals surface area contributed by atoms with Crippen LogP contribution in [0.2, 0.25) is 0 Å². The molecule has 12 heavy (non-hydrogen) atoms. The van der Waals surface area contributed by atoms with Crippen molar-refractivity contribution in [3.63, 3.8) is 0 Å². The molecule has 2 nitrogen and oxygen atoms in total. The first kappa shape index (κ1) is 10.1. The molecule has 0 aliphatic heterocycles. The van der Waals surface area contributed by atoms with Crippen molar-refractivity contribution in [2.24, 2.45) is 5.14 Å². The molecule has 3 N–H and O–H groups in total. The van der Waals surface area contributed by atoms with Crippen LogP contribution in [-0.4, -0.2) is 5.11 Å². The SMILES string of the molecule is Cc1cc(C(C)(C)O)sc1SN. The highest BCUT2D eigenvalue weighted by Gasteiger charge is 2.19. The van der Waals surface area contributed by atoms with E-state index in [4.69, 9.17) is 5.14 Å². The fourth-order valence-corrected chi connectivity index (χ4v) is 2.50. The molecule has 1 aromatic heterocycles. The van der Waals surface area contributed by atoms with Crippen molar-refractivity contribution < 1.29 is 5.11 Å². The third-order valence-corrected chi connectivity index (χ3v) is 4.00. The van der Waals surface area contributed by atoms with Crippen molar-refractivity contribution in [2.75, 3.05) is 0 Å². The first-order valence-corrected chi connectivity index (χ1v) is 5.35.